The predicted octanol–water partition coefficient (Wildman–Crippen LogP) is 22.5. The molecule has 5 unspecified atom stereocenters. The third-order valence-corrected chi connectivity index (χ3v) is 17.0. The van der Waals surface area contributed by atoms with Gasteiger partial charge in [-0.3, -0.25) is 37.3 Å². The SMILES string of the molecule is CC/C=C\C/C=C\C/C=C\C/C=C\C/C=C\C/C=C\CCC(=O)OCC(COP(=O)(O)OCC(O)COP(=O)(O)OCC(COC(=O)CC/C=C\C/C=C\C/C=C\C/C=C\C/C=C\C/C=C\CC)OC(=O)CCCCCCCCCCCCC)OC(=O)CCCC/C=C\C/C=C\C/C=C\C/C=C\CC. The third kappa shape index (κ3) is 74.2. The lowest BCUT2D eigenvalue weighted by Gasteiger charge is -2.21. The fraction of sp³-hybridized carbons (Fsp3) is 0.576. The van der Waals surface area contributed by atoms with E-state index in [0.717, 1.165) is 122 Å². The highest BCUT2D eigenvalue weighted by molar-refractivity contribution is 7.47. The van der Waals surface area contributed by atoms with Crippen LogP contribution in [0.4, 0.5) is 0 Å². The Morgan fingerprint density at radius 1 is 0.279 bits per heavy atom. The highest BCUT2D eigenvalue weighted by Crippen LogP contribution is 2.45. The number of phosphoric ester groups is 2. The summed E-state index contributed by atoms with van der Waals surface area (Å²) >= 11 is 0. The number of ether oxygens (including phenoxy) is 4. The van der Waals surface area contributed by atoms with Crippen LogP contribution in [0, 0.1) is 0 Å². The third-order valence-electron chi connectivity index (χ3n) is 15.1. The van der Waals surface area contributed by atoms with Gasteiger partial charge in [0.2, 0.25) is 0 Å². The second-order valence-electron chi connectivity index (χ2n) is 24.8. The fourth-order valence-corrected chi connectivity index (χ4v) is 10.9. The van der Waals surface area contributed by atoms with Crippen LogP contribution in [0.25, 0.3) is 0 Å². The highest BCUT2D eigenvalue weighted by atomic mass is 31.2. The molecule has 0 bridgehead atoms. The molecule has 0 heterocycles. The Morgan fingerprint density at radius 3 is 0.808 bits per heavy atom. The lowest BCUT2D eigenvalue weighted by molar-refractivity contribution is -0.161. The molecule has 0 fully saturated rings. The average molecular weight is 1490 g/mol. The van der Waals surface area contributed by atoms with Crippen LogP contribution in [0.3, 0.4) is 0 Å². The number of rotatable bonds is 70. The van der Waals surface area contributed by atoms with Crippen LogP contribution in [0.5, 0.6) is 0 Å². The Hall–Kier alpha value is -6.10. The van der Waals surface area contributed by atoms with Crippen LogP contribution < -0.4 is 0 Å². The first-order valence-electron chi connectivity index (χ1n) is 38.7. The summed E-state index contributed by atoms with van der Waals surface area (Å²) in [6.45, 7) is 4.26. The molecule has 0 saturated carbocycles. The summed E-state index contributed by atoms with van der Waals surface area (Å²) in [5.41, 5.74) is 0. The van der Waals surface area contributed by atoms with Gasteiger partial charge >= 0.3 is 39.5 Å². The largest absolute Gasteiger partial charge is 0.472 e. The van der Waals surface area contributed by atoms with E-state index < -0.39 is 97.5 Å². The van der Waals surface area contributed by atoms with Crippen LogP contribution >= 0.6 is 15.6 Å². The summed E-state index contributed by atoms with van der Waals surface area (Å²) in [5.74, 6) is -2.44. The number of carbonyl (C=O) groups is 4. The zero-order chi connectivity index (χ0) is 76.0. The first-order valence-corrected chi connectivity index (χ1v) is 41.7. The molecule has 0 aromatic rings. The summed E-state index contributed by atoms with van der Waals surface area (Å²) in [6.07, 6.45) is 91.8. The minimum absolute atomic E-state index is 0.0175. The van der Waals surface area contributed by atoms with Gasteiger partial charge < -0.3 is 33.8 Å². The van der Waals surface area contributed by atoms with Crippen molar-refractivity contribution in [1.82, 2.24) is 0 Å². The minimum atomic E-state index is -5.02. The highest BCUT2D eigenvalue weighted by Gasteiger charge is 2.30. The summed E-state index contributed by atoms with van der Waals surface area (Å²) < 4.78 is 68.3. The van der Waals surface area contributed by atoms with Crippen molar-refractivity contribution in [2.75, 3.05) is 39.6 Å². The lowest BCUT2D eigenvalue weighted by Crippen LogP contribution is -2.30. The Labute approximate surface area is 627 Å². The van der Waals surface area contributed by atoms with Gasteiger partial charge in [-0.05, 0) is 141 Å². The van der Waals surface area contributed by atoms with Gasteiger partial charge in [-0.25, -0.2) is 9.13 Å². The van der Waals surface area contributed by atoms with Crippen LogP contribution in [-0.4, -0.2) is 96.7 Å². The lowest BCUT2D eigenvalue weighted by atomic mass is 10.1. The van der Waals surface area contributed by atoms with Gasteiger partial charge in [-0.1, -0.05) is 286 Å². The van der Waals surface area contributed by atoms with Crippen LogP contribution in [0.2, 0.25) is 0 Å². The Morgan fingerprint density at radius 2 is 0.519 bits per heavy atom. The molecule has 0 spiro atoms. The van der Waals surface area contributed by atoms with Gasteiger partial charge in [0.05, 0.1) is 26.4 Å². The molecule has 19 heteroatoms. The maximum absolute atomic E-state index is 13.1. The van der Waals surface area contributed by atoms with Crippen molar-refractivity contribution in [3.05, 3.63) is 194 Å². The molecular weight excluding hydrogens is 1350 g/mol. The Kier molecular flexibility index (Phi) is 70.7. The second kappa shape index (κ2) is 75.1. The van der Waals surface area contributed by atoms with E-state index in [4.69, 9.17) is 37.0 Å². The number of hydrogen-bond donors (Lipinski definition) is 3. The standard InChI is InChI=1S/C85H134O17P2/c1-5-9-13-17-21-25-29-32-35-37-39-41-44-46-50-53-57-61-65-69-82(87)95-75-80(101-84(89)71-67-63-59-55-49-28-24-20-16-12-8-4)77-99-103(91,92)97-73-79(86)74-98-104(93,94)100-78-81(102-85(90)72-68-64-60-56-52-48-43-34-31-27-23-19-15-11-7-3)76-96-83(88)70-66-62-58-54-51-47-45-42-40-38-36-33-30-26-22-18-14-10-6-2/h9-11,13-15,21-23,25-27,32-36,39-43,46-47,50-52,56-58,61-62,79-81,86H,5-8,12,16-20,24,28-31,37-38,44-45,48-49,53-55,59-60,63-78H2,1-4H3,(H,91,92)(H,93,94)/b13-9-,14-10-,15-11-,25-21-,26-22-,27-23-,35-32-,36-33-,41-39-,42-40-,43-34-,50-46-,51-47-,56-52-,61-57-,62-58-. The molecule has 0 rings (SSSR count). The monoisotopic (exact) mass is 1490 g/mol. The number of hydrogen-bond acceptors (Lipinski definition) is 15. The van der Waals surface area contributed by atoms with Gasteiger partial charge in [0, 0.05) is 25.7 Å². The number of carbonyl (C=O) groups excluding carboxylic acids is 4. The van der Waals surface area contributed by atoms with Gasteiger partial charge in [0.1, 0.15) is 19.3 Å². The quantitative estimate of drug-likeness (QED) is 0.0169. The average Bonchev–Trinajstić information content (AvgIpc) is 0.929. The van der Waals surface area contributed by atoms with Crippen molar-refractivity contribution in [1.29, 1.82) is 0 Å². The van der Waals surface area contributed by atoms with Crippen LogP contribution in [-0.2, 0) is 65.4 Å². The number of esters is 4. The normalized spacial score (nSPS) is 15.0. The molecule has 0 aromatic heterocycles. The molecule has 0 saturated heterocycles. The summed E-state index contributed by atoms with van der Waals surface area (Å²) in [6, 6.07) is 0. The fourth-order valence-electron chi connectivity index (χ4n) is 9.32. The second-order valence-corrected chi connectivity index (χ2v) is 27.7. The Bertz CT molecular complexity index is 2740. The number of aliphatic hydroxyl groups excluding tert-OH is 1. The van der Waals surface area contributed by atoms with E-state index in [2.05, 4.69) is 180 Å². The van der Waals surface area contributed by atoms with Crippen molar-refractivity contribution < 1.29 is 80.2 Å². The van der Waals surface area contributed by atoms with Crippen LogP contribution in [0.1, 0.15) is 259 Å². The van der Waals surface area contributed by atoms with E-state index in [1.54, 1.807) is 0 Å². The van der Waals surface area contributed by atoms with Gasteiger partial charge in [-0.15, -0.1) is 0 Å². The predicted molar refractivity (Wildman–Crippen MR) is 426 cm³/mol. The molecule has 17 nitrogen and oxygen atoms in total. The molecule has 586 valence electrons. The molecule has 0 aliphatic rings. The first-order chi connectivity index (χ1) is 50.7. The molecule has 0 aliphatic heterocycles. The van der Waals surface area contributed by atoms with Crippen molar-refractivity contribution >= 4 is 39.5 Å². The topological polar surface area (TPSA) is 237 Å². The van der Waals surface area contributed by atoms with E-state index in [1.807, 2.05) is 42.5 Å². The van der Waals surface area contributed by atoms with Crippen molar-refractivity contribution in [2.45, 2.75) is 277 Å². The maximum Gasteiger partial charge on any atom is 0.472 e. The molecule has 0 aromatic carbocycles. The zero-order valence-corrected chi connectivity index (χ0v) is 65.6. The Balaban J connectivity index is 5.50. The van der Waals surface area contributed by atoms with Crippen molar-refractivity contribution in [2.24, 2.45) is 0 Å². The van der Waals surface area contributed by atoms with E-state index in [1.165, 1.54) is 38.5 Å². The molecule has 5 atom stereocenters. The maximum atomic E-state index is 13.1. The minimum Gasteiger partial charge on any atom is -0.462 e. The van der Waals surface area contributed by atoms with Gasteiger partial charge in [0.15, 0.2) is 12.2 Å². The molecule has 0 radical (unpaired) electrons. The van der Waals surface area contributed by atoms with E-state index in [9.17, 15) is 43.2 Å². The first kappa shape index (κ1) is 97.9. The van der Waals surface area contributed by atoms with Crippen molar-refractivity contribution in [3.8, 4) is 0 Å². The summed E-state index contributed by atoms with van der Waals surface area (Å²) in [5, 5.41) is 10.6. The zero-order valence-electron chi connectivity index (χ0n) is 63.9. The number of allylic oxidation sites excluding steroid dienone is 32. The van der Waals surface area contributed by atoms with E-state index in [0.29, 0.717) is 44.9 Å². The molecule has 104 heavy (non-hydrogen) atoms. The molecule has 0 aliphatic carbocycles. The van der Waals surface area contributed by atoms with Crippen molar-refractivity contribution in [3.63, 3.8) is 0 Å². The smallest absolute Gasteiger partial charge is 0.462 e. The molecule has 0 amide bonds. The molecular formula is C85H134O17P2. The van der Waals surface area contributed by atoms with E-state index >= 15 is 0 Å². The van der Waals surface area contributed by atoms with Gasteiger partial charge in [0.25, 0.3) is 0 Å². The van der Waals surface area contributed by atoms with E-state index in [-0.39, 0.29) is 25.7 Å². The summed E-state index contributed by atoms with van der Waals surface area (Å²) in [4.78, 5) is 72.8. The van der Waals surface area contributed by atoms with Crippen LogP contribution in [0.15, 0.2) is 194 Å². The number of aliphatic hydroxyl groups is 1. The van der Waals surface area contributed by atoms with Gasteiger partial charge in [-0.2, -0.15) is 0 Å². The summed E-state index contributed by atoms with van der Waals surface area (Å²) in [7, 11) is -10.0. The number of phosphoric acid groups is 2. The number of unbranched alkanes of at least 4 members (excludes halogenated alkanes) is 12. The molecule has 3 N–H and O–H groups in total.